The number of anilines is 1. The van der Waals surface area contributed by atoms with Crippen LogP contribution >= 0.6 is 0 Å². The molecule has 2 rings (SSSR count). The third-order valence-corrected chi connectivity index (χ3v) is 3.04. The molecule has 92 valence electrons. The van der Waals surface area contributed by atoms with Crippen LogP contribution < -0.4 is 5.32 Å². The van der Waals surface area contributed by atoms with Crippen molar-refractivity contribution < 1.29 is 4.79 Å². The molecule has 0 unspecified atom stereocenters. The molecule has 0 radical (unpaired) electrons. The van der Waals surface area contributed by atoms with E-state index in [0.717, 1.165) is 25.2 Å². The molecule has 1 N–H and O–H groups in total. The SMILES string of the molecule is Cc1ccnc(NC(=O)CCN2CCCC2)c1. The molecule has 1 saturated heterocycles. The van der Waals surface area contributed by atoms with E-state index >= 15 is 0 Å². The van der Waals surface area contributed by atoms with E-state index in [1.165, 1.54) is 12.8 Å². The van der Waals surface area contributed by atoms with Crippen LogP contribution in [0.1, 0.15) is 24.8 Å². The fraction of sp³-hybridized carbons (Fsp3) is 0.538. The Morgan fingerprint density at radius 2 is 2.24 bits per heavy atom. The predicted octanol–water partition coefficient (Wildman–Crippen LogP) is 1.81. The summed E-state index contributed by atoms with van der Waals surface area (Å²) in [6.07, 6.45) is 4.79. The van der Waals surface area contributed by atoms with Crippen molar-refractivity contribution >= 4 is 11.7 Å². The molecule has 1 aromatic heterocycles. The van der Waals surface area contributed by atoms with Gasteiger partial charge in [0.15, 0.2) is 0 Å². The van der Waals surface area contributed by atoms with Crippen molar-refractivity contribution in [3.05, 3.63) is 23.9 Å². The Bertz CT molecular complexity index is 386. The molecule has 0 spiro atoms. The summed E-state index contributed by atoms with van der Waals surface area (Å²) in [7, 11) is 0. The number of nitrogens with one attached hydrogen (secondary N) is 1. The van der Waals surface area contributed by atoms with E-state index in [2.05, 4.69) is 15.2 Å². The molecule has 0 bridgehead atoms. The summed E-state index contributed by atoms with van der Waals surface area (Å²) in [6, 6.07) is 3.80. The van der Waals surface area contributed by atoms with E-state index in [1.54, 1.807) is 6.20 Å². The highest BCUT2D eigenvalue weighted by atomic mass is 16.1. The van der Waals surface area contributed by atoms with Crippen LogP contribution in [0.4, 0.5) is 5.82 Å². The van der Waals surface area contributed by atoms with Crippen molar-refractivity contribution in [3.63, 3.8) is 0 Å². The first-order valence-electron chi connectivity index (χ1n) is 6.19. The maximum absolute atomic E-state index is 11.7. The van der Waals surface area contributed by atoms with Gasteiger partial charge in [-0.1, -0.05) is 0 Å². The molecule has 1 aliphatic heterocycles. The predicted molar refractivity (Wildman–Crippen MR) is 67.9 cm³/mol. The average Bonchev–Trinajstić information content (AvgIpc) is 2.79. The van der Waals surface area contributed by atoms with E-state index in [4.69, 9.17) is 0 Å². The van der Waals surface area contributed by atoms with Crippen LogP contribution in [-0.2, 0) is 4.79 Å². The number of nitrogens with zero attached hydrogens (tertiary/aromatic N) is 2. The lowest BCUT2D eigenvalue weighted by atomic mass is 10.3. The number of likely N-dealkylation sites (tertiary alicyclic amines) is 1. The van der Waals surface area contributed by atoms with Crippen LogP contribution in [0.3, 0.4) is 0 Å². The van der Waals surface area contributed by atoms with Crippen LogP contribution in [0.25, 0.3) is 0 Å². The number of carbonyl (C=O) groups excluding carboxylic acids is 1. The maximum Gasteiger partial charge on any atom is 0.226 e. The summed E-state index contributed by atoms with van der Waals surface area (Å²) in [4.78, 5) is 18.2. The zero-order chi connectivity index (χ0) is 12.1. The van der Waals surface area contributed by atoms with Crippen molar-refractivity contribution in [3.8, 4) is 0 Å². The molecule has 1 aromatic rings. The number of amides is 1. The van der Waals surface area contributed by atoms with Gasteiger partial charge < -0.3 is 10.2 Å². The van der Waals surface area contributed by atoms with Crippen LogP contribution in [0.15, 0.2) is 18.3 Å². The minimum atomic E-state index is 0.0509. The maximum atomic E-state index is 11.7. The van der Waals surface area contributed by atoms with Crippen molar-refractivity contribution in [2.24, 2.45) is 0 Å². The third-order valence-electron chi connectivity index (χ3n) is 3.04. The van der Waals surface area contributed by atoms with Gasteiger partial charge in [0.05, 0.1) is 0 Å². The van der Waals surface area contributed by atoms with Crippen LogP contribution in [-0.4, -0.2) is 35.4 Å². The number of hydrogen-bond acceptors (Lipinski definition) is 3. The zero-order valence-corrected chi connectivity index (χ0v) is 10.3. The van der Waals surface area contributed by atoms with Gasteiger partial charge in [0.2, 0.25) is 5.91 Å². The highest BCUT2D eigenvalue weighted by molar-refractivity contribution is 5.89. The minimum absolute atomic E-state index is 0.0509. The second-order valence-corrected chi connectivity index (χ2v) is 4.57. The van der Waals surface area contributed by atoms with E-state index < -0.39 is 0 Å². The fourth-order valence-electron chi connectivity index (χ4n) is 2.08. The Balaban J connectivity index is 1.76. The highest BCUT2D eigenvalue weighted by Crippen LogP contribution is 2.09. The number of hydrogen-bond donors (Lipinski definition) is 1. The Labute approximate surface area is 102 Å². The minimum Gasteiger partial charge on any atom is -0.311 e. The van der Waals surface area contributed by atoms with Gasteiger partial charge in [-0.3, -0.25) is 4.79 Å². The number of pyridine rings is 1. The second kappa shape index (κ2) is 5.77. The first-order chi connectivity index (χ1) is 8.24. The topological polar surface area (TPSA) is 45.2 Å². The summed E-state index contributed by atoms with van der Waals surface area (Å²) < 4.78 is 0. The Hall–Kier alpha value is -1.42. The fourth-order valence-corrected chi connectivity index (χ4v) is 2.08. The highest BCUT2D eigenvalue weighted by Gasteiger charge is 2.12. The normalized spacial score (nSPS) is 16.1. The summed E-state index contributed by atoms with van der Waals surface area (Å²) in [5.41, 5.74) is 1.11. The first kappa shape index (κ1) is 12.0. The molecule has 1 amide bonds. The lowest BCUT2D eigenvalue weighted by Gasteiger charge is -2.13. The summed E-state index contributed by atoms with van der Waals surface area (Å²) in [5, 5.41) is 2.83. The zero-order valence-electron chi connectivity index (χ0n) is 10.3. The van der Waals surface area contributed by atoms with Gasteiger partial charge in [-0.15, -0.1) is 0 Å². The molecule has 4 nitrogen and oxygen atoms in total. The van der Waals surface area contributed by atoms with E-state index in [9.17, 15) is 4.79 Å². The number of carbonyl (C=O) groups is 1. The lowest BCUT2D eigenvalue weighted by molar-refractivity contribution is -0.116. The first-order valence-corrected chi connectivity index (χ1v) is 6.19. The van der Waals surface area contributed by atoms with Gasteiger partial charge in [0, 0.05) is 19.2 Å². The van der Waals surface area contributed by atoms with Gasteiger partial charge >= 0.3 is 0 Å². The van der Waals surface area contributed by atoms with Crippen LogP contribution in [0.2, 0.25) is 0 Å². The van der Waals surface area contributed by atoms with E-state index in [1.807, 2.05) is 19.1 Å². The summed E-state index contributed by atoms with van der Waals surface area (Å²) >= 11 is 0. The van der Waals surface area contributed by atoms with Gasteiger partial charge in [-0.2, -0.15) is 0 Å². The summed E-state index contributed by atoms with van der Waals surface area (Å²) in [5.74, 6) is 0.700. The molecule has 17 heavy (non-hydrogen) atoms. The van der Waals surface area contributed by atoms with E-state index in [-0.39, 0.29) is 5.91 Å². The van der Waals surface area contributed by atoms with Gasteiger partial charge in [0.1, 0.15) is 5.82 Å². The molecule has 4 heteroatoms. The van der Waals surface area contributed by atoms with Crippen molar-refractivity contribution in [1.29, 1.82) is 0 Å². The van der Waals surface area contributed by atoms with Crippen LogP contribution in [0, 0.1) is 6.92 Å². The quantitative estimate of drug-likeness (QED) is 0.862. The average molecular weight is 233 g/mol. The molecular weight excluding hydrogens is 214 g/mol. The molecule has 1 fully saturated rings. The largest absolute Gasteiger partial charge is 0.311 e. The molecule has 0 aromatic carbocycles. The Kier molecular flexibility index (Phi) is 4.09. The van der Waals surface area contributed by atoms with Gasteiger partial charge in [0.25, 0.3) is 0 Å². The monoisotopic (exact) mass is 233 g/mol. The molecule has 0 atom stereocenters. The standard InChI is InChI=1S/C13H19N3O/c1-11-4-6-14-12(10-11)15-13(17)5-9-16-7-2-3-8-16/h4,6,10H,2-3,5,7-9H2,1H3,(H,14,15,17). The van der Waals surface area contributed by atoms with Gasteiger partial charge in [-0.05, 0) is 50.6 Å². The molecular formula is C13H19N3O. The number of rotatable bonds is 4. The molecule has 0 saturated carbocycles. The summed E-state index contributed by atoms with van der Waals surface area (Å²) in [6.45, 7) is 5.12. The van der Waals surface area contributed by atoms with Crippen molar-refractivity contribution in [2.75, 3.05) is 25.0 Å². The number of aryl methyl sites for hydroxylation is 1. The molecule has 1 aliphatic rings. The van der Waals surface area contributed by atoms with Crippen LogP contribution in [0.5, 0.6) is 0 Å². The van der Waals surface area contributed by atoms with E-state index in [0.29, 0.717) is 12.2 Å². The molecule has 0 aliphatic carbocycles. The van der Waals surface area contributed by atoms with Gasteiger partial charge in [-0.25, -0.2) is 4.98 Å². The lowest BCUT2D eigenvalue weighted by Crippen LogP contribution is -2.25. The smallest absolute Gasteiger partial charge is 0.226 e. The van der Waals surface area contributed by atoms with Crippen molar-refractivity contribution in [1.82, 2.24) is 9.88 Å². The Morgan fingerprint density at radius 3 is 2.94 bits per heavy atom. The Morgan fingerprint density at radius 1 is 1.47 bits per heavy atom. The number of aromatic nitrogens is 1. The second-order valence-electron chi connectivity index (χ2n) is 4.57. The third kappa shape index (κ3) is 3.82. The van der Waals surface area contributed by atoms with Crippen molar-refractivity contribution in [2.45, 2.75) is 26.2 Å². The molecule has 2 heterocycles.